The molecule has 0 amide bonds. The number of hydrogen-bond acceptors (Lipinski definition) is 13. The molecule has 1 saturated heterocycles. The molecule has 0 aliphatic carbocycles. The van der Waals surface area contributed by atoms with Crippen molar-refractivity contribution in [1.29, 1.82) is 10.5 Å². The number of rotatable bonds is 17. The number of nitrogens with two attached hydrogens (primary N) is 1. The number of nitrogens with zero attached hydrogens (tertiary/aromatic N) is 6. The Labute approximate surface area is 332 Å². The maximum absolute atomic E-state index is 12.8. The zero-order chi connectivity index (χ0) is 40.7. The van der Waals surface area contributed by atoms with Crippen LogP contribution in [0.2, 0.25) is 0 Å². The van der Waals surface area contributed by atoms with Crippen LogP contribution in [0.1, 0.15) is 57.0 Å². The monoisotopic (exact) mass is 794 g/mol. The number of ether oxygens (including phenoxy) is 4. The molecular formula is C41H47N8O7P. The van der Waals surface area contributed by atoms with E-state index < -0.39 is 44.0 Å². The van der Waals surface area contributed by atoms with Crippen molar-refractivity contribution in [2.45, 2.75) is 70.2 Å². The molecule has 3 aromatic carbocycles. The summed E-state index contributed by atoms with van der Waals surface area (Å²) in [6.45, 7) is 8.17. The maximum Gasteiger partial charge on any atom is 0.280 e. The van der Waals surface area contributed by atoms with Crippen molar-refractivity contribution in [3.05, 3.63) is 112 Å². The largest absolute Gasteiger partial charge is 0.497 e. The number of nitrogen functional groups attached to an aromatic ring is 1. The van der Waals surface area contributed by atoms with E-state index >= 15 is 0 Å². The van der Waals surface area contributed by atoms with Gasteiger partial charge in [-0.25, -0.2) is 9.65 Å². The minimum Gasteiger partial charge on any atom is -0.497 e. The Morgan fingerprint density at radius 3 is 2.09 bits per heavy atom. The van der Waals surface area contributed by atoms with Crippen LogP contribution in [0.3, 0.4) is 0 Å². The van der Waals surface area contributed by atoms with Gasteiger partial charge in [0.1, 0.15) is 35.2 Å². The van der Waals surface area contributed by atoms with Gasteiger partial charge in [-0.1, -0.05) is 54.6 Å². The first kappa shape index (κ1) is 41.3. The Kier molecular flexibility index (Phi) is 13.2. The third kappa shape index (κ3) is 8.50. The molecule has 6 rings (SSSR count). The van der Waals surface area contributed by atoms with Gasteiger partial charge in [0, 0.05) is 12.1 Å². The van der Waals surface area contributed by atoms with Crippen LogP contribution in [0.15, 0.2) is 90.0 Å². The predicted octanol–water partition coefficient (Wildman–Crippen LogP) is 6.43. The minimum absolute atomic E-state index is 0.0149. The minimum atomic E-state index is -1.84. The van der Waals surface area contributed by atoms with Gasteiger partial charge in [0.15, 0.2) is 17.4 Å². The molecule has 3 N–H and O–H groups in total. The van der Waals surface area contributed by atoms with Gasteiger partial charge in [-0.2, -0.15) is 15.5 Å². The number of hydrogen-bond donors (Lipinski definition) is 2. The van der Waals surface area contributed by atoms with E-state index in [0.717, 1.165) is 16.7 Å². The van der Waals surface area contributed by atoms with E-state index in [2.05, 4.69) is 31.8 Å². The summed E-state index contributed by atoms with van der Waals surface area (Å²) in [4.78, 5) is 23.9. The van der Waals surface area contributed by atoms with E-state index in [1.807, 2.05) is 107 Å². The standard InChI is InChI=1S/C41H47N8O7P/c1-26(2)49(27(3)4)57(54-22-10-21-42)56-36-33(23-43)39(48-25-45-35-37(48)46-40(44)47-38(35)50)55-34(36)24-53-41(28-11-8-7-9-12-28,29-13-17-31(51-5)18-14-29)30-15-19-32(52-6)20-16-30/h7-9,11-20,25-27,33-34,36,39H,10,22,24H2,1-6H3,(H3,44,46,47,50)/t33-,34-,36+,39-,57?/m1/s1. The molecule has 0 spiro atoms. The van der Waals surface area contributed by atoms with E-state index in [9.17, 15) is 15.3 Å². The van der Waals surface area contributed by atoms with Gasteiger partial charge < -0.3 is 33.7 Å². The summed E-state index contributed by atoms with van der Waals surface area (Å²) in [6, 6.07) is 29.7. The summed E-state index contributed by atoms with van der Waals surface area (Å²) in [7, 11) is 1.39. The molecule has 5 aromatic rings. The van der Waals surface area contributed by atoms with Crippen molar-refractivity contribution in [2.75, 3.05) is 33.2 Å². The van der Waals surface area contributed by atoms with Crippen molar-refractivity contribution < 1.29 is 28.0 Å². The van der Waals surface area contributed by atoms with Crippen molar-refractivity contribution >= 4 is 25.6 Å². The fourth-order valence-electron chi connectivity index (χ4n) is 7.19. The Balaban J connectivity index is 1.49. The summed E-state index contributed by atoms with van der Waals surface area (Å²) < 4.78 is 42.0. The van der Waals surface area contributed by atoms with Crippen molar-refractivity contribution in [3.63, 3.8) is 0 Å². The molecule has 15 nitrogen and oxygen atoms in total. The lowest BCUT2D eigenvalue weighted by atomic mass is 9.80. The third-order valence-electron chi connectivity index (χ3n) is 9.73. The van der Waals surface area contributed by atoms with Gasteiger partial charge in [-0.3, -0.25) is 14.3 Å². The first-order chi connectivity index (χ1) is 27.6. The summed E-state index contributed by atoms with van der Waals surface area (Å²) in [5, 5.41) is 20.3. The molecule has 57 heavy (non-hydrogen) atoms. The summed E-state index contributed by atoms with van der Waals surface area (Å²) >= 11 is 0. The third-order valence-corrected chi connectivity index (χ3v) is 11.9. The normalized spacial score (nSPS) is 18.9. The number of anilines is 1. The summed E-state index contributed by atoms with van der Waals surface area (Å²) in [5.41, 5.74) is 6.85. The second-order valence-corrected chi connectivity index (χ2v) is 15.3. The second-order valence-electron chi connectivity index (χ2n) is 13.9. The van der Waals surface area contributed by atoms with Gasteiger partial charge in [0.05, 0.1) is 52.3 Å². The molecule has 0 bridgehead atoms. The van der Waals surface area contributed by atoms with Crippen LogP contribution in [0, 0.1) is 28.6 Å². The molecule has 0 radical (unpaired) electrons. The fraction of sp³-hybridized carbons (Fsp3) is 0.390. The highest BCUT2D eigenvalue weighted by Gasteiger charge is 2.51. The Hall–Kier alpha value is -5.38. The van der Waals surface area contributed by atoms with Crippen LogP contribution in [-0.2, 0) is 24.1 Å². The molecule has 1 aliphatic heterocycles. The lowest BCUT2D eigenvalue weighted by Gasteiger charge is -2.39. The lowest BCUT2D eigenvalue weighted by molar-refractivity contribution is -0.0915. The summed E-state index contributed by atoms with van der Waals surface area (Å²) in [6.07, 6.45) is -1.29. The Bertz CT molecular complexity index is 2180. The average molecular weight is 795 g/mol. The molecule has 2 aromatic heterocycles. The van der Waals surface area contributed by atoms with Gasteiger partial charge >= 0.3 is 0 Å². The number of imidazole rings is 1. The van der Waals surface area contributed by atoms with Gasteiger partial charge in [0.2, 0.25) is 5.95 Å². The highest BCUT2D eigenvalue weighted by molar-refractivity contribution is 7.44. The molecule has 1 aliphatic rings. The highest BCUT2D eigenvalue weighted by Crippen LogP contribution is 2.52. The fourth-order valence-corrected chi connectivity index (χ4v) is 8.97. The SMILES string of the molecule is COc1ccc(C(OC[C@H]2O[C@@H](n3cnc4c(=O)[nH]c(N)nc43)[C@H](C#N)[C@@H]2OP(OCCC#N)N(C(C)C)C(C)C)(c2ccccc2)c2ccc(OC)cc2)cc1. The topological polar surface area (TPSA) is 196 Å². The summed E-state index contributed by atoms with van der Waals surface area (Å²) in [5.74, 6) is 0.261. The van der Waals surface area contributed by atoms with Crippen LogP contribution in [-0.4, -0.2) is 75.9 Å². The Morgan fingerprint density at radius 2 is 1.54 bits per heavy atom. The molecule has 298 valence electrons. The number of methoxy groups -OCH3 is 2. The number of aromatic nitrogens is 4. The van der Waals surface area contributed by atoms with Crippen LogP contribution in [0.4, 0.5) is 5.95 Å². The van der Waals surface area contributed by atoms with E-state index in [0.29, 0.717) is 11.5 Å². The van der Waals surface area contributed by atoms with Crippen molar-refractivity contribution in [3.8, 4) is 23.6 Å². The van der Waals surface area contributed by atoms with Gasteiger partial charge in [0.25, 0.3) is 14.1 Å². The molecule has 5 atom stereocenters. The number of benzene rings is 3. The molecule has 16 heteroatoms. The number of H-pyrrole nitrogens is 1. The molecule has 0 saturated carbocycles. The first-order valence-electron chi connectivity index (χ1n) is 18.6. The highest BCUT2D eigenvalue weighted by atomic mass is 31.2. The van der Waals surface area contributed by atoms with Crippen LogP contribution < -0.4 is 20.8 Å². The quantitative estimate of drug-likeness (QED) is 0.0595. The van der Waals surface area contributed by atoms with Crippen LogP contribution in [0.25, 0.3) is 11.2 Å². The van der Waals surface area contributed by atoms with E-state index in [-0.39, 0.29) is 48.8 Å². The van der Waals surface area contributed by atoms with E-state index in [1.165, 1.54) is 10.9 Å². The first-order valence-corrected chi connectivity index (χ1v) is 19.7. The van der Waals surface area contributed by atoms with Crippen molar-refractivity contribution in [1.82, 2.24) is 24.2 Å². The number of nitriles is 2. The van der Waals surface area contributed by atoms with Gasteiger partial charge in [-0.05, 0) is 68.7 Å². The average Bonchev–Trinajstić information content (AvgIpc) is 3.79. The number of aromatic amines is 1. The zero-order valence-electron chi connectivity index (χ0n) is 32.7. The van der Waals surface area contributed by atoms with Gasteiger partial charge in [-0.15, -0.1) is 0 Å². The zero-order valence-corrected chi connectivity index (χ0v) is 33.6. The smallest absolute Gasteiger partial charge is 0.280 e. The van der Waals surface area contributed by atoms with Crippen molar-refractivity contribution in [2.24, 2.45) is 5.92 Å². The van der Waals surface area contributed by atoms with Crippen LogP contribution >= 0.6 is 8.53 Å². The number of nitrogens with one attached hydrogen (secondary N) is 1. The molecule has 1 unspecified atom stereocenters. The second kappa shape index (κ2) is 18.3. The predicted molar refractivity (Wildman–Crippen MR) is 214 cm³/mol. The molecule has 3 heterocycles. The number of fused-ring (bicyclic) bond motifs is 1. The molecular weight excluding hydrogens is 747 g/mol. The van der Waals surface area contributed by atoms with E-state index in [4.69, 9.17) is 33.7 Å². The van der Waals surface area contributed by atoms with Crippen LogP contribution in [0.5, 0.6) is 11.5 Å². The maximum atomic E-state index is 12.8. The molecule has 1 fully saturated rings. The Morgan fingerprint density at radius 1 is 0.947 bits per heavy atom. The van der Waals surface area contributed by atoms with E-state index in [1.54, 1.807) is 14.2 Å². The lowest BCUT2D eigenvalue weighted by Crippen LogP contribution is -2.41.